The van der Waals surface area contributed by atoms with Crippen molar-refractivity contribution in [3.8, 4) is 0 Å². The molecule has 0 aliphatic carbocycles. The number of aromatic nitrogens is 3. The van der Waals surface area contributed by atoms with E-state index in [1.807, 2.05) is 12.1 Å². The fourth-order valence-corrected chi connectivity index (χ4v) is 1.66. The molecular formula is C13H14N4O2. The van der Waals surface area contributed by atoms with E-state index in [1.165, 1.54) is 18.0 Å². The van der Waals surface area contributed by atoms with Crippen LogP contribution in [0, 0.1) is 0 Å². The molecule has 0 saturated heterocycles. The third-order valence-electron chi connectivity index (χ3n) is 2.67. The van der Waals surface area contributed by atoms with Gasteiger partial charge in [-0.1, -0.05) is 13.0 Å². The molecule has 0 aliphatic heterocycles. The summed E-state index contributed by atoms with van der Waals surface area (Å²) in [5.41, 5.74) is 2.05. The zero-order valence-corrected chi connectivity index (χ0v) is 10.5. The van der Waals surface area contributed by atoms with Crippen LogP contribution in [0.15, 0.2) is 30.7 Å². The van der Waals surface area contributed by atoms with Crippen LogP contribution in [-0.2, 0) is 13.0 Å². The van der Waals surface area contributed by atoms with Crippen molar-refractivity contribution in [3.63, 3.8) is 0 Å². The average Bonchev–Trinajstić information content (AvgIpc) is 2.45. The molecule has 2 rings (SSSR count). The Hall–Kier alpha value is -2.50. The van der Waals surface area contributed by atoms with Crippen LogP contribution in [0.4, 0.5) is 5.82 Å². The Morgan fingerprint density at radius 1 is 1.32 bits per heavy atom. The van der Waals surface area contributed by atoms with Crippen molar-refractivity contribution in [3.05, 3.63) is 47.7 Å². The quantitative estimate of drug-likeness (QED) is 0.849. The second-order valence-corrected chi connectivity index (χ2v) is 3.91. The number of rotatable bonds is 5. The number of carboxylic acids is 1. The molecule has 2 N–H and O–H groups in total. The first-order valence-electron chi connectivity index (χ1n) is 5.92. The molecule has 0 fully saturated rings. The first-order chi connectivity index (χ1) is 9.20. The highest BCUT2D eigenvalue weighted by Gasteiger charge is 2.05. The van der Waals surface area contributed by atoms with Crippen LogP contribution in [0.5, 0.6) is 0 Å². The summed E-state index contributed by atoms with van der Waals surface area (Å²) in [5, 5.41) is 11.8. The van der Waals surface area contributed by atoms with Crippen LogP contribution >= 0.6 is 0 Å². The van der Waals surface area contributed by atoms with Gasteiger partial charge in [-0.15, -0.1) is 0 Å². The maximum absolute atomic E-state index is 10.6. The molecule has 2 aromatic heterocycles. The van der Waals surface area contributed by atoms with Gasteiger partial charge in [0, 0.05) is 6.20 Å². The molecule has 6 nitrogen and oxygen atoms in total. The standard InChI is InChI=1S/C13H14N4O2/c1-2-9-4-3-5-14-10(9)6-16-12-8-15-11(7-17-12)13(18)19/h3-5,7-8H,2,6H2,1H3,(H,16,17)(H,18,19). The fourth-order valence-electron chi connectivity index (χ4n) is 1.66. The van der Waals surface area contributed by atoms with Crippen molar-refractivity contribution in [2.75, 3.05) is 5.32 Å². The normalized spacial score (nSPS) is 10.2. The summed E-state index contributed by atoms with van der Waals surface area (Å²) >= 11 is 0. The van der Waals surface area contributed by atoms with Crippen molar-refractivity contribution in [2.24, 2.45) is 0 Å². The number of pyridine rings is 1. The van der Waals surface area contributed by atoms with Gasteiger partial charge in [-0.2, -0.15) is 0 Å². The molecule has 2 aromatic rings. The Kier molecular flexibility index (Phi) is 4.02. The summed E-state index contributed by atoms with van der Waals surface area (Å²) in [7, 11) is 0. The first-order valence-corrected chi connectivity index (χ1v) is 5.92. The smallest absolute Gasteiger partial charge is 0.356 e. The molecule has 0 bridgehead atoms. The van der Waals surface area contributed by atoms with Gasteiger partial charge in [0.25, 0.3) is 0 Å². The number of hydrogen-bond acceptors (Lipinski definition) is 5. The van der Waals surface area contributed by atoms with Crippen molar-refractivity contribution < 1.29 is 9.90 Å². The van der Waals surface area contributed by atoms with E-state index in [-0.39, 0.29) is 5.69 Å². The maximum Gasteiger partial charge on any atom is 0.356 e. The molecule has 98 valence electrons. The number of nitrogens with one attached hydrogen (secondary N) is 1. The average molecular weight is 258 g/mol. The van der Waals surface area contributed by atoms with E-state index >= 15 is 0 Å². The predicted octanol–water partition coefficient (Wildman–Crippen LogP) is 1.74. The van der Waals surface area contributed by atoms with Crippen LogP contribution in [0.25, 0.3) is 0 Å². The molecule has 2 heterocycles. The Labute approximate surface area is 110 Å². The maximum atomic E-state index is 10.6. The van der Waals surface area contributed by atoms with E-state index in [1.54, 1.807) is 6.20 Å². The zero-order chi connectivity index (χ0) is 13.7. The number of carbonyl (C=O) groups is 1. The highest BCUT2D eigenvalue weighted by Crippen LogP contribution is 2.09. The topological polar surface area (TPSA) is 88.0 Å². The summed E-state index contributed by atoms with van der Waals surface area (Å²) in [4.78, 5) is 22.7. The van der Waals surface area contributed by atoms with Gasteiger partial charge >= 0.3 is 5.97 Å². The van der Waals surface area contributed by atoms with Crippen molar-refractivity contribution in [2.45, 2.75) is 19.9 Å². The molecule has 0 saturated carbocycles. The summed E-state index contributed by atoms with van der Waals surface area (Å²) in [6.07, 6.45) is 5.28. The summed E-state index contributed by atoms with van der Waals surface area (Å²) in [6.45, 7) is 2.60. The number of aromatic carboxylic acids is 1. The summed E-state index contributed by atoms with van der Waals surface area (Å²) < 4.78 is 0. The number of aryl methyl sites for hydroxylation is 1. The molecule has 0 unspecified atom stereocenters. The number of nitrogens with zero attached hydrogens (tertiary/aromatic N) is 3. The Morgan fingerprint density at radius 3 is 2.79 bits per heavy atom. The molecule has 0 spiro atoms. The van der Waals surface area contributed by atoms with E-state index in [9.17, 15) is 4.79 Å². The van der Waals surface area contributed by atoms with Gasteiger partial charge in [0.2, 0.25) is 0 Å². The van der Waals surface area contributed by atoms with E-state index in [2.05, 4.69) is 27.2 Å². The second kappa shape index (κ2) is 5.90. The molecule has 0 aliphatic rings. The van der Waals surface area contributed by atoms with Gasteiger partial charge in [0.05, 0.1) is 24.6 Å². The second-order valence-electron chi connectivity index (χ2n) is 3.91. The zero-order valence-electron chi connectivity index (χ0n) is 10.5. The minimum absolute atomic E-state index is 0.0716. The summed E-state index contributed by atoms with van der Waals surface area (Å²) in [6, 6.07) is 3.94. The fraction of sp³-hybridized carbons (Fsp3) is 0.231. The summed E-state index contributed by atoms with van der Waals surface area (Å²) in [5.74, 6) is -0.560. The highest BCUT2D eigenvalue weighted by atomic mass is 16.4. The van der Waals surface area contributed by atoms with Crippen LogP contribution < -0.4 is 5.32 Å². The highest BCUT2D eigenvalue weighted by molar-refractivity contribution is 5.84. The van der Waals surface area contributed by atoms with Crippen molar-refractivity contribution in [1.82, 2.24) is 15.0 Å². The molecular weight excluding hydrogens is 244 g/mol. The Morgan fingerprint density at radius 2 is 2.16 bits per heavy atom. The number of carboxylic acid groups (broad SMARTS) is 1. The predicted molar refractivity (Wildman–Crippen MR) is 69.9 cm³/mol. The lowest BCUT2D eigenvalue weighted by molar-refractivity contribution is 0.0690. The SMILES string of the molecule is CCc1cccnc1CNc1cnc(C(=O)O)cn1. The Bertz CT molecular complexity index is 569. The van der Waals surface area contributed by atoms with Crippen LogP contribution in [0.3, 0.4) is 0 Å². The van der Waals surface area contributed by atoms with E-state index < -0.39 is 5.97 Å². The Balaban J connectivity index is 2.04. The van der Waals surface area contributed by atoms with E-state index in [0.29, 0.717) is 12.4 Å². The third kappa shape index (κ3) is 3.25. The van der Waals surface area contributed by atoms with Crippen molar-refractivity contribution >= 4 is 11.8 Å². The van der Waals surface area contributed by atoms with Gasteiger partial charge in [-0.05, 0) is 18.1 Å². The molecule has 0 aromatic carbocycles. The number of anilines is 1. The van der Waals surface area contributed by atoms with E-state index in [0.717, 1.165) is 12.1 Å². The molecule has 19 heavy (non-hydrogen) atoms. The van der Waals surface area contributed by atoms with Gasteiger partial charge < -0.3 is 10.4 Å². The molecule has 6 heteroatoms. The van der Waals surface area contributed by atoms with Crippen molar-refractivity contribution in [1.29, 1.82) is 0 Å². The molecule has 0 radical (unpaired) electrons. The van der Waals surface area contributed by atoms with Gasteiger partial charge in [-0.3, -0.25) is 4.98 Å². The molecule has 0 amide bonds. The number of hydrogen-bond donors (Lipinski definition) is 2. The minimum atomic E-state index is -1.09. The lowest BCUT2D eigenvalue weighted by Crippen LogP contribution is -2.08. The van der Waals surface area contributed by atoms with E-state index in [4.69, 9.17) is 5.11 Å². The molecule has 0 atom stereocenters. The monoisotopic (exact) mass is 258 g/mol. The van der Waals surface area contributed by atoms with Crippen LogP contribution in [-0.4, -0.2) is 26.0 Å². The van der Waals surface area contributed by atoms with Crippen LogP contribution in [0.1, 0.15) is 28.7 Å². The van der Waals surface area contributed by atoms with Gasteiger partial charge in [-0.25, -0.2) is 14.8 Å². The van der Waals surface area contributed by atoms with Gasteiger partial charge in [0.1, 0.15) is 5.82 Å². The minimum Gasteiger partial charge on any atom is -0.476 e. The lowest BCUT2D eigenvalue weighted by Gasteiger charge is -2.08. The van der Waals surface area contributed by atoms with Crippen LogP contribution in [0.2, 0.25) is 0 Å². The third-order valence-corrected chi connectivity index (χ3v) is 2.67. The largest absolute Gasteiger partial charge is 0.476 e. The first kappa shape index (κ1) is 12.9. The van der Waals surface area contributed by atoms with Gasteiger partial charge in [0.15, 0.2) is 5.69 Å². The lowest BCUT2D eigenvalue weighted by atomic mass is 10.1.